The third-order valence-corrected chi connectivity index (χ3v) is 5.59. The summed E-state index contributed by atoms with van der Waals surface area (Å²) in [7, 11) is 0. The van der Waals surface area contributed by atoms with Crippen LogP contribution in [0.1, 0.15) is 11.1 Å². The van der Waals surface area contributed by atoms with E-state index in [4.69, 9.17) is 10.5 Å². The van der Waals surface area contributed by atoms with Gasteiger partial charge in [0, 0.05) is 0 Å². The number of aryl methyl sites for hydroxylation is 1. The Morgan fingerprint density at radius 2 is 1.40 bits per heavy atom. The Hall–Kier alpha value is -2.05. The molecule has 0 fully saturated rings. The minimum absolute atomic E-state index is 0.132. The molecule has 0 spiro atoms. The molecule has 3 heteroatoms. The van der Waals surface area contributed by atoms with Crippen LogP contribution in [0.3, 0.4) is 0 Å². The quantitative estimate of drug-likeness (QED) is 0.612. The second kappa shape index (κ2) is 6.93. The third-order valence-electron chi connectivity index (χ3n) is 2.69. The fourth-order valence-electron chi connectivity index (χ4n) is 1.63. The van der Waals surface area contributed by atoms with E-state index in [9.17, 15) is 0 Å². The molecule has 0 bridgehead atoms. The third kappa shape index (κ3) is 3.97. The van der Waals surface area contributed by atoms with Gasteiger partial charge in [0.1, 0.15) is 0 Å². The molecule has 2 nitrogen and oxygen atoms in total. The first-order chi connectivity index (χ1) is 9.71. The van der Waals surface area contributed by atoms with Crippen LogP contribution in [0.15, 0.2) is 54.1 Å². The van der Waals surface area contributed by atoms with E-state index < -0.39 is 0 Å². The van der Waals surface area contributed by atoms with Crippen molar-refractivity contribution in [3.8, 4) is 12.1 Å². The van der Waals surface area contributed by atoms with Crippen molar-refractivity contribution in [1.29, 1.82) is 10.5 Å². The van der Waals surface area contributed by atoms with Gasteiger partial charge in [-0.2, -0.15) is 0 Å². The molecular formula is C17H12N2Te. The molecule has 0 aromatic heterocycles. The van der Waals surface area contributed by atoms with Crippen molar-refractivity contribution in [2.75, 3.05) is 0 Å². The molecule has 0 saturated carbocycles. The van der Waals surface area contributed by atoms with Gasteiger partial charge in [-0.25, -0.2) is 0 Å². The van der Waals surface area contributed by atoms with Crippen LogP contribution >= 0.6 is 0 Å². The SMILES string of the molecule is Cc1ccc([Te]c2ccc(C=C(C#N)C#N)cc2)cc1. The number of allylic oxidation sites excluding steroid dienone is 1. The first-order valence-electron chi connectivity index (χ1n) is 6.08. The standard InChI is InChI=1S/C17H12N2Te/c1-13-2-6-16(7-3-13)20-17-8-4-14(5-9-17)10-15(11-18)12-19/h2-10H,1H3. The summed E-state index contributed by atoms with van der Waals surface area (Å²) < 4.78 is 2.74. The van der Waals surface area contributed by atoms with Gasteiger partial charge in [0.05, 0.1) is 0 Å². The van der Waals surface area contributed by atoms with Gasteiger partial charge in [-0.05, 0) is 0 Å². The van der Waals surface area contributed by atoms with Crippen molar-refractivity contribution in [3.63, 3.8) is 0 Å². The maximum atomic E-state index is 8.72. The predicted octanol–water partition coefficient (Wildman–Crippen LogP) is 2.08. The maximum absolute atomic E-state index is 8.72. The normalized spacial score (nSPS) is 9.35. The van der Waals surface area contributed by atoms with Crippen molar-refractivity contribution < 1.29 is 0 Å². The van der Waals surface area contributed by atoms with Crippen LogP contribution in [0.25, 0.3) is 6.08 Å². The molecule has 2 aromatic carbocycles. The van der Waals surface area contributed by atoms with Crippen LogP contribution in [0, 0.1) is 29.6 Å². The number of hydrogen-bond acceptors (Lipinski definition) is 2. The van der Waals surface area contributed by atoms with Crippen molar-refractivity contribution in [2.24, 2.45) is 0 Å². The molecular weight excluding hydrogens is 360 g/mol. The molecule has 0 atom stereocenters. The molecule has 0 saturated heterocycles. The van der Waals surface area contributed by atoms with E-state index in [2.05, 4.69) is 43.3 Å². The van der Waals surface area contributed by atoms with Crippen molar-refractivity contribution >= 4 is 34.2 Å². The molecule has 0 aliphatic rings. The Balaban J connectivity index is 2.13. The summed E-state index contributed by atoms with van der Waals surface area (Å²) in [5, 5.41) is 17.4. The van der Waals surface area contributed by atoms with Gasteiger partial charge in [0.25, 0.3) is 0 Å². The van der Waals surface area contributed by atoms with Gasteiger partial charge in [-0.1, -0.05) is 0 Å². The average Bonchev–Trinajstić information content (AvgIpc) is 2.49. The summed E-state index contributed by atoms with van der Waals surface area (Å²) in [6, 6.07) is 20.5. The topological polar surface area (TPSA) is 47.6 Å². The second-order valence-corrected chi connectivity index (χ2v) is 7.54. The molecule has 0 amide bonds. The van der Waals surface area contributed by atoms with Crippen LogP contribution in [-0.4, -0.2) is 20.9 Å². The van der Waals surface area contributed by atoms with E-state index >= 15 is 0 Å². The minimum atomic E-state index is -0.369. The van der Waals surface area contributed by atoms with Crippen molar-refractivity contribution in [2.45, 2.75) is 6.92 Å². The Bertz CT molecular complexity index is 683. The zero-order valence-electron chi connectivity index (χ0n) is 11.0. The average molecular weight is 372 g/mol. The van der Waals surface area contributed by atoms with Gasteiger partial charge >= 0.3 is 129 Å². The second-order valence-electron chi connectivity index (χ2n) is 4.27. The molecule has 96 valence electrons. The van der Waals surface area contributed by atoms with Crippen LogP contribution < -0.4 is 7.22 Å². The first-order valence-corrected chi connectivity index (χ1v) is 8.41. The van der Waals surface area contributed by atoms with Crippen molar-refractivity contribution in [3.05, 3.63) is 65.2 Å². The molecule has 0 N–H and O–H groups in total. The van der Waals surface area contributed by atoms with Crippen LogP contribution in [-0.2, 0) is 0 Å². The van der Waals surface area contributed by atoms with Crippen LogP contribution in [0.5, 0.6) is 0 Å². The predicted molar refractivity (Wildman–Crippen MR) is 81.8 cm³/mol. The number of benzene rings is 2. The Labute approximate surface area is 129 Å². The van der Waals surface area contributed by atoms with E-state index in [0.29, 0.717) is 0 Å². The summed E-state index contributed by atoms with van der Waals surface area (Å²) in [6.45, 7) is 2.09. The van der Waals surface area contributed by atoms with Gasteiger partial charge in [-0.15, -0.1) is 0 Å². The molecule has 0 radical (unpaired) electrons. The van der Waals surface area contributed by atoms with E-state index in [1.165, 1.54) is 12.8 Å². The summed E-state index contributed by atoms with van der Waals surface area (Å²) in [6.07, 6.45) is 1.61. The molecule has 0 aliphatic carbocycles. The molecule has 2 rings (SSSR count). The van der Waals surface area contributed by atoms with Crippen LogP contribution in [0.2, 0.25) is 0 Å². The first kappa shape index (κ1) is 14.4. The van der Waals surface area contributed by atoms with Crippen molar-refractivity contribution in [1.82, 2.24) is 0 Å². The molecule has 0 aliphatic heterocycles. The number of rotatable bonds is 3. The summed E-state index contributed by atoms with van der Waals surface area (Å²) in [5.41, 5.74) is 2.30. The molecule has 0 unspecified atom stereocenters. The van der Waals surface area contributed by atoms with E-state index in [1.807, 2.05) is 24.3 Å². The fraction of sp³-hybridized carbons (Fsp3) is 0.0588. The Morgan fingerprint density at radius 3 is 1.90 bits per heavy atom. The zero-order chi connectivity index (χ0) is 14.4. The molecule has 0 heterocycles. The monoisotopic (exact) mass is 374 g/mol. The number of hydrogen-bond donors (Lipinski definition) is 0. The van der Waals surface area contributed by atoms with Gasteiger partial charge in [0.15, 0.2) is 0 Å². The number of nitriles is 2. The van der Waals surface area contributed by atoms with Crippen LogP contribution in [0.4, 0.5) is 0 Å². The number of nitrogens with zero attached hydrogens (tertiary/aromatic N) is 2. The summed E-state index contributed by atoms with van der Waals surface area (Å²) in [4.78, 5) is 0. The molecule has 20 heavy (non-hydrogen) atoms. The summed E-state index contributed by atoms with van der Waals surface area (Å²) in [5.74, 6) is 0. The van der Waals surface area contributed by atoms with Gasteiger partial charge in [0.2, 0.25) is 0 Å². The Morgan fingerprint density at radius 1 is 0.900 bits per heavy atom. The fourth-order valence-corrected chi connectivity index (χ4v) is 3.96. The van der Waals surface area contributed by atoms with E-state index in [1.54, 1.807) is 6.08 Å². The molecule has 2 aromatic rings. The van der Waals surface area contributed by atoms with Gasteiger partial charge in [-0.3, -0.25) is 0 Å². The van der Waals surface area contributed by atoms with Gasteiger partial charge < -0.3 is 0 Å². The zero-order valence-corrected chi connectivity index (χ0v) is 13.3. The summed E-state index contributed by atoms with van der Waals surface area (Å²) >= 11 is -0.369. The van der Waals surface area contributed by atoms with E-state index in [-0.39, 0.29) is 26.5 Å². The Kier molecular flexibility index (Phi) is 4.97. The van der Waals surface area contributed by atoms with E-state index in [0.717, 1.165) is 5.56 Å².